The minimum atomic E-state index is -0.288. The summed E-state index contributed by atoms with van der Waals surface area (Å²) in [5.74, 6) is 0.222. The fourth-order valence-corrected chi connectivity index (χ4v) is 1.74. The zero-order chi connectivity index (χ0) is 12.0. The van der Waals surface area contributed by atoms with Crippen LogP contribution in [0.4, 0.5) is 0 Å². The third kappa shape index (κ3) is 4.15. The van der Waals surface area contributed by atoms with Crippen molar-refractivity contribution >= 4 is 5.78 Å². The second-order valence-electron chi connectivity index (χ2n) is 4.54. The first-order valence-electron chi connectivity index (χ1n) is 5.94. The lowest BCUT2D eigenvalue weighted by molar-refractivity contribution is -0.123. The van der Waals surface area contributed by atoms with Crippen molar-refractivity contribution in [3.63, 3.8) is 0 Å². The number of nitrogens with two attached hydrogens (primary N) is 1. The van der Waals surface area contributed by atoms with Crippen LogP contribution >= 0.6 is 0 Å². The molecule has 0 fully saturated rings. The van der Waals surface area contributed by atoms with Crippen LogP contribution in [0.2, 0.25) is 0 Å². The highest BCUT2D eigenvalue weighted by Gasteiger charge is 2.15. The quantitative estimate of drug-likeness (QED) is 0.799. The van der Waals surface area contributed by atoms with Crippen LogP contribution in [0.1, 0.15) is 32.3 Å². The number of benzene rings is 1. The van der Waals surface area contributed by atoms with E-state index in [-0.39, 0.29) is 17.7 Å². The van der Waals surface area contributed by atoms with Crippen LogP contribution in [-0.4, -0.2) is 11.8 Å². The van der Waals surface area contributed by atoms with E-state index in [4.69, 9.17) is 5.73 Å². The van der Waals surface area contributed by atoms with Gasteiger partial charge >= 0.3 is 0 Å². The molecule has 0 bridgehead atoms. The van der Waals surface area contributed by atoms with Crippen LogP contribution in [0.3, 0.4) is 0 Å². The van der Waals surface area contributed by atoms with E-state index in [1.807, 2.05) is 32.0 Å². The number of Topliss-reactive ketones (excluding diaryl/α,β-unsaturated/α-hetero) is 1. The average molecular weight is 219 g/mol. The molecule has 1 unspecified atom stereocenters. The summed E-state index contributed by atoms with van der Waals surface area (Å²) in [5, 5.41) is 0. The summed E-state index contributed by atoms with van der Waals surface area (Å²) in [6.07, 6.45) is 2.76. The molecule has 0 spiro atoms. The summed E-state index contributed by atoms with van der Waals surface area (Å²) < 4.78 is 0. The molecule has 0 aliphatic heterocycles. The van der Waals surface area contributed by atoms with Crippen molar-refractivity contribution in [2.45, 2.75) is 39.2 Å². The zero-order valence-corrected chi connectivity index (χ0v) is 10.1. The van der Waals surface area contributed by atoms with E-state index in [1.54, 1.807) is 0 Å². The van der Waals surface area contributed by atoms with Crippen molar-refractivity contribution in [1.82, 2.24) is 0 Å². The van der Waals surface area contributed by atoms with Gasteiger partial charge in [0.2, 0.25) is 0 Å². The Hall–Kier alpha value is -1.15. The third-order valence-electron chi connectivity index (χ3n) is 2.76. The van der Waals surface area contributed by atoms with Gasteiger partial charge < -0.3 is 5.73 Å². The van der Waals surface area contributed by atoms with Gasteiger partial charge in [-0.3, -0.25) is 4.79 Å². The molecular formula is C14H21NO. The van der Waals surface area contributed by atoms with E-state index >= 15 is 0 Å². The van der Waals surface area contributed by atoms with Gasteiger partial charge in [0, 0.05) is 5.92 Å². The van der Waals surface area contributed by atoms with Gasteiger partial charge in [-0.2, -0.15) is 0 Å². The fourth-order valence-electron chi connectivity index (χ4n) is 1.74. The number of ketones is 1. The first-order chi connectivity index (χ1) is 7.61. The second kappa shape index (κ2) is 6.44. The molecule has 0 radical (unpaired) electrons. The Morgan fingerprint density at radius 3 is 2.44 bits per heavy atom. The number of hydrogen-bond donors (Lipinski definition) is 1. The Labute approximate surface area is 97.9 Å². The first kappa shape index (κ1) is 12.9. The molecular weight excluding hydrogens is 198 g/mol. The largest absolute Gasteiger partial charge is 0.321 e. The summed E-state index contributed by atoms with van der Waals surface area (Å²) in [6.45, 7) is 3.80. The Balaban J connectivity index is 2.28. The van der Waals surface area contributed by atoms with Crippen molar-refractivity contribution in [1.29, 1.82) is 0 Å². The normalized spacial score (nSPS) is 12.8. The summed E-state index contributed by atoms with van der Waals surface area (Å²) in [7, 11) is 0. The van der Waals surface area contributed by atoms with Gasteiger partial charge in [-0.05, 0) is 24.8 Å². The van der Waals surface area contributed by atoms with Crippen molar-refractivity contribution in [3.8, 4) is 0 Å². The van der Waals surface area contributed by atoms with Crippen molar-refractivity contribution in [2.24, 2.45) is 11.7 Å². The Morgan fingerprint density at radius 2 is 1.88 bits per heavy atom. The molecule has 2 heteroatoms. The van der Waals surface area contributed by atoms with Gasteiger partial charge in [0.15, 0.2) is 5.78 Å². The minimum Gasteiger partial charge on any atom is -0.321 e. The predicted octanol–water partition coefficient (Wildman–Crippen LogP) is 2.56. The van der Waals surface area contributed by atoms with Gasteiger partial charge in [0.05, 0.1) is 6.04 Å². The number of carbonyl (C=O) groups excluding carboxylic acids is 1. The van der Waals surface area contributed by atoms with Crippen molar-refractivity contribution in [3.05, 3.63) is 35.9 Å². The first-order valence-corrected chi connectivity index (χ1v) is 5.94. The molecule has 0 aromatic heterocycles. The number of carbonyl (C=O) groups is 1. The van der Waals surface area contributed by atoms with E-state index in [9.17, 15) is 4.79 Å². The molecule has 1 rings (SSSR count). The maximum absolute atomic E-state index is 11.6. The molecule has 0 aliphatic carbocycles. The SMILES string of the molecule is CC(C)C(=O)C(N)CCCc1ccccc1. The van der Waals surface area contributed by atoms with E-state index in [0.717, 1.165) is 19.3 Å². The van der Waals surface area contributed by atoms with Gasteiger partial charge in [-0.1, -0.05) is 44.2 Å². The lowest BCUT2D eigenvalue weighted by atomic mass is 9.97. The predicted molar refractivity (Wildman–Crippen MR) is 67.2 cm³/mol. The number of rotatable bonds is 6. The molecule has 0 saturated heterocycles. The number of aryl methyl sites for hydroxylation is 1. The molecule has 0 heterocycles. The van der Waals surface area contributed by atoms with Crippen molar-refractivity contribution < 1.29 is 4.79 Å². The standard InChI is InChI=1S/C14H21NO/c1-11(2)14(16)13(15)10-6-9-12-7-4-3-5-8-12/h3-5,7-8,11,13H,6,9-10,15H2,1-2H3. The van der Waals surface area contributed by atoms with E-state index < -0.39 is 0 Å². The molecule has 1 atom stereocenters. The summed E-state index contributed by atoms with van der Waals surface area (Å²) in [6, 6.07) is 10.0. The van der Waals surface area contributed by atoms with Gasteiger partial charge in [-0.15, -0.1) is 0 Å². The van der Waals surface area contributed by atoms with Crippen LogP contribution in [0.5, 0.6) is 0 Å². The maximum atomic E-state index is 11.6. The Morgan fingerprint density at radius 1 is 1.25 bits per heavy atom. The molecule has 0 amide bonds. The van der Waals surface area contributed by atoms with Crippen molar-refractivity contribution in [2.75, 3.05) is 0 Å². The maximum Gasteiger partial charge on any atom is 0.152 e. The molecule has 2 N–H and O–H groups in total. The molecule has 1 aromatic carbocycles. The highest BCUT2D eigenvalue weighted by atomic mass is 16.1. The lowest BCUT2D eigenvalue weighted by Crippen LogP contribution is -2.33. The third-order valence-corrected chi connectivity index (χ3v) is 2.76. The van der Waals surface area contributed by atoms with E-state index in [0.29, 0.717) is 0 Å². The minimum absolute atomic E-state index is 0.0479. The van der Waals surface area contributed by atoms with E-state index in [2.05, 4.69) is 12.1 Å². The van der Waals surface area contributed by atoms with Crippen LogP contribution < -0.4 is 5.73 Å². The monoisotopic (exact) mass is 219 g/mol. The van der Waals surface area contributed by atoms with Crippen LogP contribution in [-0.2, 0) is 11.2 Å². The molecule has 0 saturated carbocycles. The molecule has 88 valence electrons. The van der Waals surface area contributed by atoms with E-state index in [1.165, 1.54) is 5.56 Å². The van der Waals surface area contributed by atoms with Gasteiger partial charge in [-0.25, -0.2) is 0 Å². The average Bonchev–Trinajstić information content (AvgIpc) is 2.29. The van der Waals surface area contributed by atoms with Crippen LogP contribution in [0, 0.1) is 5.92 Å². The Bertz CT molecular complexity index is 319. The fraction of sp³-hybridized carbons (Fsp3) is 0.500. The molecule has 16 heavy (non-hydrogen) atoms. The second-order valence-corrected chi connectivity index (χ2v) is 4.54. The van der Waals surface area contributed by atoms with Gasteiger partial charge in [0.1, 0.15) is 0 Å². The Kier molecular flexibility index (Phi) is 5.20. The molecule has 0 aliphatic rings. The van der Waals surface area contributed by atoms with Gasteiger partial charge in [0.25, 0.3) is 0 Å². The summed E-state index contributed by atoms with van der Waals surface area (Å²) >= 11 is 0. The van der Waals surface area contributed by atoms with Crippen LogP contribution in [0.25, 0.3) is 0 Å². The molecule has 1 aromatic rings. The zero-order valence-electron chi connectivity index (χ0n) is 10.1. The van der Waals surface area contributed by atoms with Crippen LogP contribution in [0.15, 0.2) is 30.3 Å². The summed E-state index contributed by atoms with van der Waals surface area (Å²) in [4.78, 5) is 11.6. The highest BCUT2D eigenvalue weighted by molar-refractivity contribution is 5.85. The smallest absolute Gasteiger partial charge is 0.152 e. The lowest BCUT2D eigenvalue weighted by Gasteiger charge is -2.12. The summed E-state index contributed by atoms with van der Waals surface area (Å²) in [5.41, 5.74) is 7.14. The molecule has 2 nitrogen and oxygen atoms in total. The topological polar surface area (TPSA) is 43.1 Å². The number of hydrogen-bond acceptors (Lipinski definition) is 2. The highest BCUT2D eigenvalue weighted by Crippen LogP contribution is 2.08.